The number of piperidine rings is 1. The van der Waals surface area contributed by atoms with Crippen molar-refractivity contribution in [3.63, 3.8) is 0 Å². The van der Waals surface area contributed by atoms with E-state index in [1.807, 2.05) is 17.0 Å². The summed E-state index contributed by atoms with van der Waals surface area (Å²) in [6.45, 7) is 8.11. The SMILES string of the molecule is CCc1c(C)nc2sc(C(=O)N3CCCCC3)c(-c3ccc(OC)cc3)c2c1C. The first kappa shape index (κ1) is 19.9. The number of amides is 1. The largest absolute Gasteiger partial charge is 0.497 e. The van der Waals surface area contributed by atoms with E-state index in [0.717, 1.165) is 70.0 Å². The number of nitrogens with zero attached hydrogens (tertiary/aromatic N) is 2. The Morgan fingerprint density at radius 2 is 1.83 bits per heavy atom. The number of aryl methyl sites for hydroxylation is 2. The first-order chi connectivity index (χ1) is 14.0. The zero-order chi connectivity index (χ0) is 20.5. The van der Waals surface area contributed by atoms with E-state index in [0.29, 0.717) is 0 Å². The Morgan fingerprint density at radius 3 is 2.45 bits per heavy atom. The summed E-state index contributed by atoms with van der Waals surface area (Å²) in [5.41, 5.74) is 5.67. The van der Waals surface area contributed by atoms with E-state index in [4.69, 9.17) is 9.72 Å². The number of thiophene rings is 1. The summed E-state index contributed by atoms with van der Waals surface area (Å²) in [6, 6.07) is 8.04. The van der Waals surface area contributed by atoms with Crippen LogP contribution < -0.4 is 4.74 Å². The van der Waals surface area contributed by atoms with E-state index >= 15 is 0 Å². The first-order valence-electron chi connectivity index (χ1n) is 10.4. The van der Waals surface area contributed by atoms with Crippen molar-refractivity contribution in [3.8, 4) is 16.9 Å². The molecule has 29 heavy (non-hydrogen) atoms. The molecule has 1 fully saturated rings. The normalized spacial score (nSPS) is 14.4. The number of hydrogen-bond acceptors (Lipinski definition) is 4. The molecule has 3 aromatic rings. The average molecular weight is 409 g/mol. The number of ether oxygens (including phenoxy) is 1. The van der Waals surface area contributed by atoms with E-state index in [9.17, 15) is 4.79 Å². The monoisotopic (exact) mass is 408 g/mol. The maximum absolute atomic E-state index is 13.5. The number of rotatable bonds is 4. The molecular formula is C24H28N2O2S. The maximum atomic E-state index is 13.5. The van der Waals surface area contributed by atoms with E-state index < -0.39 is 0 Å². The van der Waals surface area contributed by atoms with Crippen molar-refractivity contribution in [3.05, 3.63) is 46.0 Å². The molecule has 1 aromatic carbocycles. The fraction of sp³-hybridized carbons (Fsp3) is 0.417. The molecule has 4 nitrogen and oxygen atoms in total. The van der Waals surface area contributed by atoms with Crippen LogP contribution in [0.3, 0.4) is 0 Å². The zero-order valence-corrected chi connectivity index (χ0v) is 18.5. The van der Waals surface area contributed by atoms with Gasteiger partial charge in [0, 0.05) is 29.7 Å². The molecule has 5 heteroatoms. The summed E-state index contributed by atoms with van der Waals surface area (Å²) < 4.78 is 5.34. The molecule has 1 aliphatic rings. The maximum Gasteiger partial charge on any atom is 0.264 e. The lowest BCUT2D eigenvalue weighted by atomic mass is 9.95. The van der Waals surface area contributed by atoms with E-state index in [1.165, 1.54) is 17.5 Å². The molecule has 0 aliphatic carbocycles. The summed E-state index contributed by atoms with van der Waals surface area (Å²) >= 11 is 1.54. The summed E-state index contributed by atoms with van der Waals surface area (Å²) in [7, 11) is 1.67. The fourth-order valence-electron chi connectivity index (χ4n) is 4.43. The van der Waals surface area contributed by atoms with Crippen LogP contribution in [0.5, 0.6) is 5.75 Å². The molecule has 0 bridgehead atoms. The predicted octanol–water partition coefficient (Wildman–Crippen LogP) is 5.78. The van der Waals surface area contributed by atoms with Crippen molar-refractivity contribution >= 4 is 27.5 Å². The highest BCUT2D eigenvalue weighted by Crippen LogP contribution is 2.42. The second-order valence-corrected chi connectivity index (χ2v) is 8.72. The van der Waals surface area contributed by atoms with E-state index in [2.05, 4.69) is 32.9 Å². The van der Waals surface area contributed by atoms with Crippen molar-refractivity contribution < 1.29 is 9.53 Å². The third-order valence-electron chi connectivity index (χ3n) is 5.99. The van der Waals surface area contributed by atoms with Gasteiger partial charge in [0.15, 0.2) is 0 Å². The molecule has 3 heterocycles. The van der Waals surface area contributed by atoms with Crippen molar-refractivity contribution in [1.82, 2.24) is 9.88 Å². The van der Waals surface area contributed by atoms with Crippen LogP contribution in [0.4, 0.5) is 0 Å². The number of pyridine rings is 1. The van der Waals surface area contributed by atoms with E-state index in [1.54, 1.807) is 18.4 Å². The van der Waals surface area contributed by atoms with Gasteiger partial charge in [0.2, 0.25) is 0 Å². The van der Waals surface area contributed by atoms with Crippen molar-refractivity contribution in [2.45, 2.75) is 46.5 Å². The second-order valence-electron chi connectivity index (χ2n) is 7.72. The lowest BCUT2D eigenvalue weighted by Crippen LogP contribution is -2.35. The minimum atomic E-state index is 0.147. The van der Waals surface area contributed by atoms with Crippen LogP contribution in [0.1, 0.15) is 52.7 Å². The minimum Gasteiger partial charge on any atom is -0.497 e. The van der Waals surface area contributed by atoms with Gasteiger partial charge in [-0.3, -0.25) is 4.79 Å². The van der Waals surface area contributed by atoms with Gasteiger partial charge < -0.3 is 9.64 Å². The van der Waals surface area contributed by atoms with Gasteiger partial charge in [-0.05, 0) is 68.4 Å². The van der Waals surface area contributed by atoms with Crippen molar-refractivity contribution in [2.24, 2.45) is 0 Å². The number of methoxy groups -OCH3 is 1. The summed E-state index contributed by atoms with van der Waals surface area (Å²) in [5, 5.41) is 1.13. The van der Waals surface area contributed by atoms with Crippen LogP contribution in [-0.2, 0) is 6.42 Å². The highest BCUT2D eigenvalue weighted by atomic mass is 32.1. The van der Waals surface area contributed by atoms with Gasteiger partial charge in [-0.15, -0.1) is 11.3 Å². The quantitative estimate of drug-likeness (QED) is 0.550. The van der Waals surface area contributed by atoms with Crippen LogP contribution in [0, 0.1) is 13.8 Å². The van der Waals surface area contributed by atoms with Crippen LogP contribution in [0.25, 0.3) is 21.3 Å². The number of hydrogen-bond donors (Lipinski definition) is 0. The van der Waals surface area contributed by atoms with Gasteiger partial charge in [0.25, 0.3) is 5.91 Å². The van der Waals surface area contributed by atoms with Gasteiger partial charge >= 0.3 is 0 Å². The number of benzene rings is 1. The Morgan fingerprint density at radius 1 is 1.14 bits per heavy atom. The molecule has 4 rings (SSSR count). The highest BCUT2D eigenvalue weighted by Gasteiger charge is 2.27. The van der Waals surface area contributed by atoms with Gasteiger partial charge in [-0.2, -0.15) is 0 Å². The van der Waals surface area contributed by atoms with Crippen molar-refractivity contribution in [2.75, 3.05) is 20.2 Å². The van der Waals surface area contributed by atoms with Crippen LogP contribution in [-0.4, -0.2) is 36.0 Å². The predicted molar refractivity (Wildman–Crippen MR) is 120 cm³/mol. The minimum absolute atomic E-state index is 0.147. The molecule has 0 saturated carbocycles. The van der Waals surface area contributed by atoms with Gasteiger partial charge in [0.05, 0.1) is 7.11 Å². The summed E-state index contributed by atoms with van der Waals surface area (Å²) in [5.74, 6) is 0.964. The standard InChI is InChI=1S/C24H28N2O2S/c1-5-19-15(2)20-21(17-9-11-18(28-4)12-10-17)22(29-23(20)25-16(19)3)24(27)26-13-7-6-8-14-26/h9-12H,5-8,13-14H2,1-4H3. The zero-order valence-electron chi connectivity index (χ0n) is 17.7. The number of likely N-dealkylation sites (tertiary alicyclic amines) is 1. The molecule has 0 atom stereocenters. The molecule has 1 saturated heterocycles. The number of carbonyl (C=O) groups is 1. The lowest BCUT2D eigenvalue weighted by Gasteiger charge is -2.26. The highest BCUT2D eigenvalue weighted by molar-refractivity contribution is 7.21. The topological polar surface area (TPSA) is 42.4 Å². The fourth-order valence-corrected chi connectivity index (χ4v) is 5.70. The number of fused-ring (bicyclic) bond motifs is 1. The average Bonchev–Trinajstić information content (AvgIpc) is 3.13. The number of aromatic nitrogens is 1. The molecule has 0 spiro atoms. The molecule has 0 radical (unpaired) electrons. The Hall–Kier alpha value is -2.40. The molecule has 1 amide bonds. The van der Waals surface area contributed by atoms with Gasteiger partial charge in [-0.25, -0.2) is 4.98 Å². The van der Waals surface area contributed by atoms with Gasteiger partial charge in [-0.1, -0.05) is 19.1 Å². The number of carbonyl (C=O) groups excluding carboxylic acids is 1. The molecule has 0 unspecified atom stereocenters. The Bertz CT molecular complexity index is 1050. The van der Waals surface area contributed by atoms with Crippen molar-refractivity contribution in [1.29, 1.82) is 0 Å². The van der Waals surface area contributed by atoms with Crippen LogP contribution in [0.2, 0.25) is 0 Å². The van der Waals surface area contributed by atoms with Crippen LogP contribution in [0.15, 0.2) is 24.3 Å². The Labute approximate surface area is 176 Å². The van der Waals surface area contributed by atoms with E-state index in [-0.39, 0.29) is 5.91 Å². The molecule has 2 aromatic heterocycles. The smallest absolute Gasteiger partial charge is 0.264 e. The van der Waals surface area contributed by atoms with Gasteiger partial charge in [0.1, 0.15) is 15.5 Å². The summed E-state index contributed by atoms with van der Waals surface area (Å²) in [6.07, 6.45) is 4.32. The first-order valence-corrected chi connectivity index (χ1v) is 11.2. The summed E-state index contributed by atoms with van der Waals surface area (Å²) in [4.78, 5) is 22.2. The Kier molecular flexibility index (Phi) is 5.59. The molecule has 152 valence electrons. The third kappa shape index (κ3) is 3.52. The lowest BCUT2D eigenvalue weighted by molar-refractivity contribution is 0.0730. The molecule has 1 aliphatic heterocycles. The third-order valence-corrected chi connectivity index (χ3v) is 7.06. The molecular weight excluding hydrogens is 380 g/mol. The Balaban J connectivity index is 1.96. The molecule has 0 N–H and O–H groups in total. The van der Waals surface area contributed by atoms with Crippen LogP contribution >= 0.6 is 11.3 Å². The second kappa shape index (κ2) is 8.15.